The Morgan fingerprint density at radius 2 is 2.12 bits per heavy atom. The first-order valence-electron chi connectivity index (χ1n) is 6.90. The van der Waals surface area contributed by atoms with E-state index in [0.29, 0.717) is 19.2 Å². The topological polar surface area (TPSA) is 44.7 Å². The number of likely N-dealkylation sites (tertiary alicyclic amines) is 1. The Kier molecular flexibility index (Phi) is 7.77. The van der Waals surface area contributed by atoms with Crippen LogP contribution in [0.25, 0.3) is 0 Å². The largest absolute Gasteiger partial charge is 0.389 e. The summed E-state index contributed by atoms with van der Waals surface area (Å²) < 4.78 is 5.39. The number of nitrogens with one attached hydrogen (secondary N) is 1. The van der Waals surface area contributed by atoms with Gasteiger partial charge in [-0.3, -0.25) is 0 Å². The van der Waals surface area contributed by atoms with Gasteiger partial charge in [-0.25, -0.2) is 0 Å². The molecule has 1 fully saturated rings. The molecule has 0 aromatic rings. The van der Waals surface area contributed by atoms with E-state index >= 15 is 0 Å². The van der Waals surface area contributed by atoms with Gasteiger partial charge in [-0.15, -0.1) is 0 Å². The second-order valence-electron chi connectivity index (χ2n) is 5.07. The third-order valence-electron chi connectivity index (χ3n) is 3.31. The molecule has 1 rings (SSSR count). The van der Waals surface area contributed by atoms with Crippen molar-refractivity contribution in [2.45, 2.75) is 44.8 Å². The van der Waals surface area contributed by atoms with Gasteiger partial charge in [0, 0.05) is 19.2 Å². The highest BCUT2D eigenvalue weighted by Crippen LogP contribution is 2.07. The fourth-order valence-corrected chi connectivity index (χ4v) is 2.04. The van der Waals surface area contributed by atoms with Crippen LogP contribution >= 0.6 is 0 Å². The van der Waals surface area contributed by atoms with Crippen molar-refractivity contribution in [2.75, 3.05) is 39.9 Å². The Morgan fingerprint density at radius 1 is 1.41 bits per heavy atom. The van der Waals surface area contributed by atoms with Crippen molar-refractivity contribution in [3.63, 3.8) is 0 Å². The Bertz CT molecular complexity index is 182. The highest BCUT2D eigenvalue weighted by atomic mass is 16.5. The minimum Gasteiger partial charge on any atom is -0.389 e. The van der Waals surface area contributed by atoms with Crippen molar-refractivity contribution in [3.8, 4) is 0 Å². The van der Waals surface area contributed by atoms with Gasteiger partial charge in [-0.05, 0) is 39.4 Å². The molecule has 0 aromatic carbocycles. The maximum Gasteiger partial charge on any atom is 0.0897 e. The first kappa shape index (κ1) is 14.9. The predicted molar refractivity (Wildman–Crippen MR) is 70.3 cm³/mol. The molecule has 4 heteroatoms. The SMILES string of the molecule is CCCCOCC(O)CNC1CCN(C)CC1. The summed E-state index contributed by atoms with van der Waals surface area (Å²) in [4.78, 5) is 2.35. The van der Waals surface area contributed by atoms with Crippen LogP contribution in [0.15, 0.2) is 0 Å². The van der Waals surface area contributed by atoms with E-state index in [2.05, 4.69) is 24.2 Å². The lowest BCUT2D eigenvalue weighted by Gasteiger charge is -2.30. The van der Waals surface area contributed by atoms with Gasteiger partial charge in [0.25, 0.3) is 0 Å². The number of hydrogen-bond donors (Lipinski definition) is 2. The molecule has 0 amide bonds. The average Bonchev–Trinajstić information content (AvgIpc) is 2.34. The molecule has 17 heavy (non-hydrogen) atoms. The first-order valence-corrected chi connectivity index (χ1v) is 6.90. The number of aliphatic hydroxyl groups excluding tert-OH is 1. The van der Waals surface area contributed by atoms with Crippen LogP contribution in [0.4, 0.5) is 0 Å². The molecule has 0 aliphatic carbocycles. The van der Waals surface area contributed by atoms with E-state index in [9.17, 15) is 5.11 Å². The normalized spacial score (nSPS) is 20.6. The Morgan fingerprint density at radius 3 is 2.76 bits per heavy atom. The van der Waals surface area contributed by atoms with Gasteiger partial charge in [0.05, 0.1) is 12.7 Å². The summed E-state index contributed by atoms with van der Waals surface area (Å²) in [5, 5.41) is 13.2. The van der Waals surface area contributed by atoms with Gasteiger partial charge >= 0.3 is 0 Å². The fraction of sp³-hybridized carbons (Fsp3) is 1.00. The second-order valence-corrected chi connectivity index (χ2v) is 5.07. The molecule has 1 heterocycles. The molecule has 1 aliphatic rings. The van der Waals surface area contributed by atoms with Crippen molar-refractivity contribution in [2.24, 2.45) is 0 Å². The molecule has 1 aliphatic heterocycles. The molecule has 0 spiro atoms. The molecule has 2 N–H and O–H groups in total. The van der Waals surface area contributed by atoms with Crippen LogP contribution in [-0.4, -0.2) is 62.0 Å². The summed E-state index contributed by atoms with van der Waals surface area (Å²) in [6, 6.07) is 0.566. The number of nitrogens with zero attached hydrogens (tertiary/aromatic N) is 1. The molecular weight excluding hydrogens is 216 g/mol. The highest BCUT2D eigenvalue weighted by Gasteiger charge is 2.16. The number of unbranched alkanes of at least 4 members (excludes halogenated alkanes) is 1. The monoisotopic (exact) mass is 244 g/mol. The van der Waals surface area contributed by atoms with Gasteiger partial charge in [-0.1, -0.05) is 13.3 Å². The summed E-state index contributed by atoms with van der Waals surface area (Å²) in [6.45, 7) is 6.32. The third-order valence-corrected chi connectivity index (χ3v) is 3.31. The first-order chi connectivity index (χ1) is 8.22. The molecule has 0 radical (unpaired) electrons. The molecule has 1 atom stereocenters. The van der Waals surface area contributed by atoms with Gasteiger partial charge in [0.1, 0.15) is 0 Å². The summed E-state index contributed by atoms with van der Waals surface area (Å²) in [5.74, 6) is 0. The lowest BCUT2D eigenvalue weighted by Crippen LogP contribution is -2.44. The predicted octanol–water partition coefficient (Wildman–Crippen LogP) is 0.848. The minimum atomic E-state index is -0.369. The standard InChI is InChI=1S/C13H28N2O2/c1-3-4-9-17-11-13(16)10-14-12-5-7-15(2)8-6-12/h12-14,16H,3-11H2,1-2H3. The quantitative estimate of drug-likeness (QED) is 0.621. The molecule has 0 bridgehead atoms. The van der Waals surface area contributed by atoms with Crippen LogP contribution in [0, 0.1) is 0 Å². The average molecular weight is 244 g/mol. The molecule has 102 valence electrons. The lowest BCUT2D eigenvalue weighted by molar-refractivity contribution is 0.0334. The van der Waals surface area contributed by atoms with Crippen LogP contribution in [0.2, 0.25) is 0 Å². The van der Waals surface area contributed by atoms with Crippen molar-refractivity contribution in [1.29, 1.82) is 0 Å². The van der Waals surface area contributed by atoms with Crippen molar-refractivity contribution in [1.82, 2.24) is 10.2 Å². The van der Waals surface area contributed by atoms with E-state index in [1.807, 2.05) is 0 Å². The molecule has 0 aromatic heterocycles. The van der Waals surface area contributed by atoms with E-state index in [1.54, 1.807) is 0 Å². The highest BCUT2D eigenvalue weighted by molar-refractivity contribution is 4.76. The van der Waals surface area contributed by atoms with Crippen molar-refractivity contribution < 1.29 is 9.84 Å². The molecule has 0 saturated carbocycles. The van der Waals surface area contributed by atoms with Crippen LogP contribution in [0.3, 0.4) is 0 Å². The molecule has 4 nitrogen and oxygen atoms in total. The summed E-state index contributed by atoms with van der Waals surface area (Å²) in [7, 11) is 2.16. The van der Waals surface area contributed by atoms with Crippen LogP contribution in [0.1, 0.15) is 32.6 Å². The fourth-order valence-electron chi connectivity index (χ4n) is 2.04. The van der Waals surface area contributed by atoms with Gasteiger partial charge in [-0.2, -0.15) is 0 Å². The van der Waals surface area contributed by atoms with E-state index in [-0.39, 0.29) is 6.10 Å². The van der Waals surface area contributed by atoms with Gasteiger partial charge in [0.15, 0.2) is 0 Å². The Balaban J connectivity index is 1.97. The Labute approximate surface area is 105 Å². The van der Waals surface area contributed by atoms with E-state index in [0.717, 1.165) is 32.5 Å². The van der Waals surface area contributed by atoms with E-state index < -0.39 is 0 Å². The van der Waals surface area contributed by atoms with E-state index in [1.165, 1.54) is 12.8 Å². The van der Waals surface area contributed by atoms with Crippen molar-refractivity contribution >= 4 is 0 Å². The maximum absolute atomic E-state index is 9.73. The molecular formula is C13H28N2O2. The third kappa shape index (κ3) is 6.99. The summed E-state index contributed by atoms with van der Waals surface area (Å²) in [5.41, 5.74) is 0. The molecule has 1 unspecified atom stereocenters. The maximum atomic E-state index is 9.73. The summed E-state index contributed by atoms with van der Waals surface area (Å²) >= 11 is 0. The zero-order chi connectivity index (χ0) is 12.5. The molecule has 1 saturated heterocycles. The number of hydrogen-bond acceptors (Lipinski definition) is 4. The zero-order valence-corrected chi connectivity index (χ0v) is 11.3. The minimum absolute atomic E-state index is 0.369. The van der Waals surface area contributed by atoms with E-state index in [4.69, 9.17) is 4.74 Å². The number of ether oxygens (including phenoxy) is 1. The number of aliphatic hydroxyl groups is 1. The Hall–Kier alpha value is -0.160. The van der Waals surface area contributed by atoms with Crippen molar-refractivity contribution in [3.05, 3.63) is 0 Å². The van der Waals surface area contributed by atoms with Crippen LogP contribution in [-0.2, 0) is 4.74 Å². The number of piperidine rings is 1. The van der Waals surface area contributed by atoms with Crippen LogP contribution < -0.4 is 5.32 Å². The summed E-state index contributed by atoms with van der Waals surface area (Å²) in [6.07, 6.45) is 4.21. The zero-order valence-electron chi connectivity index (χ0n) is 11.3. The lowest BCUT2D eigenvalue weighted by atomic mass is 10.1. The van der Waals surface area contributed by atoms with Gasteiger partial charge in [0.2, 0.25) is 0 Å². The van der Waals surface area contributed by atoms with Crippen LogP contribution in [0.5, 0.6) is 0 Å². The van der Waals surface area contributed by atoms with Gasteiger partial charge < -0.3 is 20.1 Å². The smallest absolute Gasteiger partial charge is 0.0897 e. The second kappa shape index (κ2) is 8.86. The number of rotatable bonds is 8.